The largest absolute Gasteiger partial charge is 0.390 e. The van der Waals surface area contributed by atoms with Crippen molar-refractivity contribution in [2.24, 2.45) is 0 Å². The lowest BCUT2D eigenvalue weighted by molar-refractivity contribution is -0.134. The van der Waals surface area contributed by atoms with Crippen LogP contribution in [-0.2, 0) is 9.53 Å². The van der Waals surface area contributed by atoms with E-state index in [1.165, 1.54) is 0 Å². The summed E-state index contributed by atoms with van der Waals surface area (Å²) in [5, 5.41) is 9.87. The summed E-state index contributed by atoms with van der Waals surface area (Å²) in [6, 6.07) is 4.25. The fourth-order valence-electron chi connectivity index (χ4n) is 3.40. The van der Waals surface area contributed by atoms with Crippen molar-refractivity contribution >= 4 is 11.6 Å². The van der Waals surface area contributed by atoms with Crippen molar-refractivity contribution in [2.45, 2.75) is 44.9 Å². The van der Waals surface area contributed by atoms with E-state index in [4.69, 9.17) is 4.74 Å². The van der Waals surface area contributed by atoms with Gasteiger partial charge in [-0.2, -0.15) is 0 Å². The highest BCUT2D eigenvalue weighted by atomic mass is 16.5. The highest BCUT2D eigenvalue weighted by Crippen LogP contribution is 2.29. The van der Waals surface area contributed by atoms with Crippen LogP contribution in [-0.4, -0.2) is 64.9 Å². The van der Waals surface area contributed by atoms with E-state index in [1.54, 1.807) is 13.8 Å². The van der Waals surface area contributed by atoms with Crippen molar-refractivity contribution in [1.29, 1.82) is 0 Å². The van der Waals surface area contributed by atoms with Crippen molar-refractivity contribution in [3.63, 3.8) is 0 Å². The van der Waals surface area contributed by atoms with Crippen LogP contribution in [0.4, 0.5) is 5.69 Å². The van der Waals surface area contributed by atoms with Crippen LogP contribution in [0.3, 0.4) is 0 Å². The molecule has 2 saturated heterocycles. The van der Waals surface area contributed by atoms with E-state index < -0.39 is 5.60 Å². The van der Waals surface area contributed by atoms with Gasteiger partial charge in [0, 0.05) is 37.2 Å². The molecule has 2 aliphatic heterocycles. The molecule has 2 aliphatic rings. The maximum absolute atomic E-state index is 12.4. The molecule has 0 saturated carbocycles. The van der Waals surface area contributed by atoms with Crippen molar-refractivity contribution in [3.8, 4) is 0 Å². The van der Waals surface area contributed by atoms with E-state index in [0.29, 0.717) is 19.7 Å². The van der Waals surface area contributed by atoms with Gasteiger partial charge in [0.2, 0.25) is 5.91 Å². The number of nitrogens with zero attached hydrogens (tertiary/aromatic N) is 3. The molecule has 0 unspecified atom stereocenters. The summed E-state index contributed by atoms with van der Waals surface area (Å²) in [6.45, 7) is 8.03. The fourth-order valence-corrected chi connectivity index (χ4v) is 3.40. The van der Waals surface area contributed by atoms with Crippen LogP contribution in [0.5, 0.6) is 0 Å². The average Bonchev–Trinajstić information content (AvgIpc) is 2.89. The van der Waals surface area contributed by atoms with Gasteiger partial charge in [0.25, 0.3) is 0 Å². The number of ether oxygens (including phenoxy) is 1. The number of hydrogen-bond donors (Lipinski definition) is 1. The molecule has 3 heterocycles. The molecule has 0 bridgehead atoms. The summed E-state index contributed by atoms with van der Waals surface area (Å²) in [4.78, 5) is 20.8. The van der Waals surface area contributed by atoms with Gasteiger partial charge in [-0.3, -0.25) is 9.78 Å². The Bertz CT molecular complexity index is 585. The van der Waals surface area contributed by atoms with Crippen LogP contribution >= 0.6 is 0 Å². The van der Waals surface area contributed by atoms with Crippen molar-refractivity contribution in [2.75, 3.05) is 31.1 Å². The first kappa shape index (κ1) is 16.2. The van der Waals surface area contributed by atoms with Gasteiger partial charge in [-0.15, -0.1) is 0 Å². The third-order valence-electron chi connectivity index (χ3n) is 4.45. The number of pyridine rings is 1. The molecule has 6 nitrogen and oxygen atoms in total. The first-order chi connectivity index (χ1) is 10.8. The Morgan fingerprint density at radius 3 is 2.96 bits per heavy atom. The summed E-state index contributed by atoms with van der Waals surface area (Å²) >= 11 is 0. The molecule has 2 fully saturated rings. The quantitative estimate of drug-likeness (QED) is 0.899. The second-order valence-corrected chi connectivity index (χ2v) is 7.11. The number of carbonyl (C=O) groups excluding carboxylic acids is 1. The molecular formula is C17H25N3O3. The van der Waals surface area contributed by atoms with Crippen LogP contribution in [0.1, 0.15) is 26.0 Å². The molecule has 0 radical (unpaired) electrons. The Hall–Kier alpha value is -1.66. The molecule has 0 spiro atoms. The SMILES string of the molecule is Cc1cc(N2CCO[C@H]3CN(C(=O)CC(C)(C)O)C[C@@H]32)ccn1. The number of anilines is 1. The van der Waals surface area contributed by atoms with Gasteiger partial charge in [-0.05, 0) is 32.9 Å². The Morgan fingerprint density at radius 1 is 1.48 bits per heavy atom. The number of fused-ring (bicyclic) bond motifs is 1. The molecule has 1 N–H and O–H groups in total. The smallest absolute Gasteiger partial charge is 0.225 e. The van der Waals surface area contributed by atoms with E-state index in [2.05, 4.69) is 16.0 Å². The predicted molar refractivity (Wildman–Crippen MR) is 87.3 cm³/mol. The van der Waals surface area contributed by atoms with Gasteiger partial charge in [0.05, 0.1) is 30.8 Å². The molecule has 6 heteroatoms. The monoisotopic (exact) mass is 319 g/mol. The molecule has 0 aromatic carbocycles. The highest BCUT2D eigenvalue weighted by molar-refractivity contribution is 5.77. The second-order valence-electron chi connectivity index (χ2n) is 7.11. The van der Waals surface area contributed by atoms with Crippen LogP contribution in [0, 0.1) is 6.92 Å². The molecular weight excluding hydrogens is 294 g/mol. The molecule has 0 aliphatic carbocycles. The maximum atomic E-state index is 12.4. The number of likely N-dealkylation sites (tertiary alicyclic amines) is 1. The Kier molecular flexibility index (Phi) is 4.29. The zero-order chi connectivity index (χ0) is 16.6. The predicted octanol–water partition coefficient (Wildman–Crippen LogP) is 0.967. The summed E-state index contributed by atoms with van der Waals surface area (Å²) in [7, 11) is 0. The molecule has 3 rings (SSSR count). The standard InChI is InChI=1S/C17H25N3O3/c1-12-8-13(4-5-18-12)20-6-7-23-15-11-19(10-14(15)20)16(21)9-17(2,3)22/h4-5,8,14-15,22H,6-7,9-11H2,1-3H3/t14-,15-/m0/s1. The zero-order valence-electron chi connectivity index (χ0n) is 14.0. The minimum atomic E-state index is -0.979. The lowest BCUT2D eigenvalue weighted by Crippen LogP contribution is -2.51. The van der Waals surface area contributed by atoms with Gasteiger partial charge in [-0.25, -0.2) is 0 Å². The van der Waals surface area contributed by atoms with Crippen LogP contribution < -0.4 is 4.90 Å². The fraction of sp³-hybridized carbons (Fsp3) is 0.647. The summed E-state index contributed by atoms with van der Waals surface area (Å²) < 4.78 is 5.88. The minimum Gasteiger partial charge on any atom is -0.390 e. The maximum Gasteiger partial charge on any atom is 0.225 e. The van der Waals surface area contributed by atoms with Gasteiger partial charge in [0.15, 0.2) is 0 Å². The first-order valence-corrected chi connectivity index (χ1v) is 8.14. The Labute approximate surface area is 137 Å². The molecule has 2 atom stereocenters. The van der Waals surface area contributed by atoms with Crippen LogP contribution in [0.25, 0.3) is 0 Å². The lowest BCUT2D eigenvalue weighted by Gasteiger charge is -2.38. The lowest BCUT2D eigenvalue weighted by atomic mass is 10.1. The van der Waals surface area contributed by atoms with Crippen molar-refractivity contribution in [3.05, 3.63) is 24.0 Å². The average molecular weight is 319 g/mol. The second kappa shape index (κ2) is 6.09. The first-order valence-electron chi connectivity index (χ1n) is 8.14. The Morgan fingerprint density at radius 2 is 2.26 bits per heavy atom. The minimum absolute atomic E-state index is 0.0126. The molecule has 1 aromatic heterocycles. The topological polar surface area (TPSA) is 65.9 Å². The van der Waals surface area contributed by atoms with Gasteiger partial charge < -0.3 is 19.6 Å². The molecule has 1 amide bonds. The van der Waals surface area contributed by atoms with E-state index in [9.17, 15) is 9.90 Å². The molecule has 23 heavy (non-hydrogen) atoms. The number of hydrogen-bond acceptors (Lipinski definition) is 5. The third kappa shape index (κ3) is 3.64. The summed E-state index contributed by atoms with van der Waals surface area (Å²) in [6.07, 6.45) is 1.99. The Balaban J connectivity index is 1.74. The van der Waals surface area contributed by atoms with E-state index in [0.717, 1.165) is 17.9 Å². The number of aliphatic hydroxyl groups is 1. The number of aryl methyl sites for hydroxylation is 1. The number of rotatable bonds is 3. The number of morpholine rings is 1. The summed E-state index contributed by atoms with van der Waals surface area (Å²) in [5.41, 5.74) is 1.14. The van der Waals surface area contributed by atoms with E-state index in [-0.39, 0.29) is 24.5 Å². The van der Waals surface area contributed by atoms with Gasteiger partial charge in [0.1, 0.15) is 0 Å². The number of aromatic nitrogens is 1. The van der Waals surface area contributed by atoms with Gasteiger partial charge >= 0.3 is 0 Å². The van der Waals surface area contributed by atoms with Gasteiger partial charge in [-0.1, -0.05) is 0 Å². The number of carbonyl (C=O) groups is 1. The van der Waals surface area contributed by atoms with E-state index >= 15 is 0 Å². The normalized spacial score (nSPS) is 24.7. The van der Waals surface area contributed by atoms with Crippen LogP contribution in [0.15, 0.2) is 18.3 Å². The van der Waals surface area contributed by atoms with Crippen molar-refractivity contribution < 1.29 is 14.6 Å². The molecule has 1 aromatic rings. The van der Waals surface area contributed by atoms with Crippen LogP contribution in [0.2, 0.25) is 0 Å². The summed E-state index contributed by atoms with van der Waals surface area (Å²) in [5.74, 6) is -0.0126. The number of amides is 1. The third-order valence-corrected chi connectivity index (χ3v) is 4.45. The zero-order valence-corrected chi connectivity index (χ0v) is 14.0. The van der Waals surface area contributed by atoms with E-state index in [1.807, 2.05) is 24.1 Å². The molecule has 126 valence electrons. The highest BCUT2D eigenvalue weighted by Gasteiger charge is 2.42. The van der Waals surface area contributed by atoms with Crippen molar-refractivity contribution in [1.82, 2.24) is 9.88 Å².